The minimum Gasteiger partial charge on any atom is -0.497 e. The highest BCUT2D eigenvalue weighted by atomic mass is 19.1. The normalized spacial score (nSPS) is 15.0. The Balaban J connectivity index is 1.57. The topological polar surface area (TPSA) is 96.5 Å². The number of rotatable bonds is 12. The first-order chi connectivity index (χ1) is 18.4. The molecule has 4 rings (SSSR count). The van der Waals surface area contributed by atoms with Gasteiger partial charge in [-0.2, -0.15) is 0 Å². The molecule has 9 heteroatoms. The minimum atomic E-state index is -0.674. The molecule has 2 amide bonds. The van der Waals surface area contributed by atoms with E-state index in [-0.39, 0.29) is 17.6 Å². The van der Waals surface area contributed by atoms with E-state index in [0.29, 0.717) is 44.2 Å². The number of nitrogens with zero attached hydrogens (tertiary/aromatic N) is 2. The molecule has 0 bridgehead atoms. The van der Waals surface area contributed by atoms with Crippen LogP contribution in [0.25, 0.3) is 0 Å². The second-order valence-corrected chi connectivity index (χ2v) is 9.59. The number of methoxy groups -OCH3 is 1. The van der Waals surface area contributed by atoms with E-state index < -0.39 is 11.5 Å². The quantitative estimate of drug-likeness (QED) is 0.334. The Bertz CT molecular complexity index is 1220. The van der Waals surface area contributed by atoms with Gasteiger partial charge in [-0.05, 0) is 48.2 Å². The van der Waals surface area contributed by atoms with E-state index in [1.165, 1.54) is 18.3 Å². The van der Waals surface area contributed by atoms with Crippen molar-refractivity contribution in [3.05, 3.63) is 77.5 Å². The van der Waals surface area contributed by atoms with Crippen molar-refractivity contribution in [2.75, 3.05) is 32.1 Å². The lowest BCUT2D eigenvalue weighted by Gasteiger charge is -2.50. The van der Waals surface area contributed by atoms with Gasteiger partial charge in [0.1, 0.15) is 34.7 Å². The number of likely N-dealkylation sites (tertiary alicyclic amines) is 1. The van der Waals surface area contributed by atoms with Crippen molar-refractivity contribution in [1.29, 1.82) is 0 Å². The summed E-state index contributed by atoms with van der Waals surface area (Å²) in [6.45, 7) is 5.14. The van der Waals surface area contributed by atoms with Gasteiger partial charge in [0.2, 0.25) is 11.8 Å². The Labute approximate surface area is 222 Å². The first-order valence-corrected chi connectivity index (χ1v) is 13.0. The van der Waals surface area contributed by atoms with Gasteiger partial charge in [-0.25, -0.2) is 9.37 Å². The number of aromatic amines is 1. The summed E-state index contributed by atoms with van der Waals surface area (Å²) < 4.78 is 25.2. The summed E-state index contributed by atoms with van der Waals surface area (Å²) in [6.07, 6.45) is 4.16. The summed E-state index contributed by atoms with van der Waals surface area (Å²) in [5.74, 6) is 0.505. The summed E-state index contributed by atoms with van der Waals surface area (Å²) in [5.41, 5.74) is 1.13. The SMILES string of the molecule is CCCCOC1(c2ccc(F)cc2)CN(C(=O)[C@H](Cc2ccc(OC)cc2)c2ncc(NC(=O)CC)[nH]2)C1. The van der Waals surface area contributed by atoms with E-state index in [9.17, 15) is 14.0 Å². The number of hydrogen-bond donors (Lipinski definition) is 2. The number of imidazole rings is 1. The lowest BCUT2D eigenvalue weighted by molar-refractivity contribution is -0.174. The van der Waals surface area contributed by atoms with Gasteiger partial charge in [-0.3, -0.25) is 9.59 Å². The minimum absolute atomic E-state index is 0.0969. The molecule has 3 aromatic rings. The van der Waals surface area contributed by atoms with Gasteiger partial charge >= 0.3 is 0 Å². The second kappa shape index (κ2) is 12.2. The molecule has 0 spiro atoms. The molecular formula is C29H35FN4O4. The molecule has 8 nitrogen and oxygen atoms in total. The third kappa shape index (κ3) is 6.22. The summed E-state index contributed by atoms with van der Waals surface area (Å²) in [6, 6.07) is 13.9. The maximum Gasteiger partial charge on any atom is 0.233 e. The highest BCUT2D eigenvalue weighted by Crippen LogP contribution is 2.38. The fraction of sp³-hybridized carbons (Fsp3) is 0.414. The molecule has 1 aliphatic heterocycles. The highest BCUT2D eigenvalue weighted by molar-refractivity contribution is 5.89. The van der Waals surface area contributed by atoms with Gasteiger partial charge in [-0.1, -0.05) is 44.5 Å². The van der Waals surface area contributed by atoms with Crippen molar-refractivity contribution >= 4 is 17.6 Å². The molecule has 2 heterocycles. The van der Waals surface area contributed by atoms with E-state index in [2.05, 4.69) is 22.2 Å². The molecule has 38 heavy (non-hydrogen) atoms. The summed E-state index contributed by atoms with van der Waals surface area (Å²) in [4.78, 5) is 35.1. The summed E-state index contributed by atoms with van der Waals surface area (Å²) >= 11 is 0. The van der Waals surface area contributed by atoms with Gasteiger partial charge in [0.25, 0.3) is 0 Å². The molecule has 2 aromatic carbocycles. The first kappa shape index (κ1) is 27.3. The van der Waals surface area contributed by atoms with E-state index in [4.69, 9.17) is 9.47 Å². The van der Waals surface area contributed by atoms with Crippen LogP contribution in [-0.2, 0) is 26.3 Å². The number of unbranched alkanes of at least 4 members (excludes halogenated alkanes) is 1. The van der Waals surface area contributed by atoms with Crippen LogP contribution in [0, 0.1) is 5.82 Å². The fourth-order valence-corrected chi connectivity index (χ4v) is 4.58. The lowest BCUT2D eigenvalue weighted by atomic mass is 9.84. The molecule has 2 N–H and O–H groups in total. The molecule has 202 valence electrons. The molecule has 0 unspecified atom stereocenters. The molecule has 1 aromatic heterocycles. The largest absolute Gasteiger partial charge is 0.497 e. The maximum absolute atomic E-state index is 13.9. The number of carbonyl (C=O) groups excluding carboxylic acids is 2. The average molecular weight is 523 g/mol. The number of anilines is 1. The van der Waals surface area contributed by atoms with Crippen LogP contribution in [-0.4, -0.2) is 53.5 Å². The van der Waals surface area contributed by atoms with Crippen LogP contribution >= 0.6 is 0 Å². The van der Waals surface area contributed by atoms with Gasteiger partial charge in [-0.15, -0.1) is 0 Å². The number of nitrogens with one attached hydrogen (secondary N) is 2. The van der Waals surface area contributed by atoms with Crippen molar-refractivity contribution in [2.24, 2.45) is 0 Å². The average Bonchev–Trinajstić information content (AvgIpc) is 3.37. The Morgan fingerprint density at radius 2 is 1.84 bits per heavy atom. The molecule has 0 aliphatic carbocycles. The summed E-state index contributed by atoms with van der Waals surface area (Å²) in [7, 11) is 1.61. The number of hydrogen-bond acceptors (Lipinski definition) is 5. The Morgan fingerprint density at radius 3 is 2.47 bits per heavy atom. The predicted molar refractivity (Wildman–Crippen MR) is 142 cm³/mol. The van der Waals surface area contributed by atoms with E-state index in [1.807, 2.05) is 24.3 Å². The van der Waals surface area contributed by atoms with Crippen LogP contribution in [0.1, 0.15) is 56.0 Å². The Kier molecular flexibility index (Phi) is 8.78. The van der Waals surface area contributed by atoms with Crippen molar-refractivity contribution in [2.45, 2.75) is 51.0 Å². The van der Waals surface area contributed by atoms with Crippen LogP contribution in [0.3, 0.4) is 0 Å². The number of ether oxygens (including phenoxy) is 2. The van der Waals surface area contributed by atoms with Gasteiger partial charge in [0, 0.05) is 13.0 Å². The number of halogens is 1. The van der Waals surface area contributed by atoms with Gasteiger partial charge in [0.15, 0.2) is 0 Å². The van der Waals surface area contributed by atoms with Gasteiger partial charge in [0.05, 0.1) is 26.4 Å². The first-order valence-electron chi connectivity index (χ1n) is 13.0. The van der Waals surface area contributed by atoms with Gasteiger partial charge < -0.3 is 24.7 Å². The van der Waals surface area contributed by atoms with Crippen molar-refractivity contribution < 1.29 is 23.5 Å². The van der Waals surface area contributed by atoms with Crippen LogP contribution in [0.5, 0.6) is 5.75 Å². The van der Waals surface area contributed by atoms with E-state index in [1.54, 1.807) is 31.1 Å². The number of carbonyl (C=O) groups is 2. The standard InChI is InChI=1S/C29H35FN4O4/c1-4-6-15-38-29(21-9-11-22(30)12-10-21)18-34(19-29)28(36)24(16-20-7-13-23(37-3)14-8-20)27-31-17-25(33-27)32-26(35)5-2/h7-14,17,24H,4-6,15-16,18-19H2,1-3H3,(H,31,33)(H,32,35)/t24-/m1/s1. The third-order valence-electron chi connectivity index (χ3n) is 6.87. The zero-order chi connectivity index (χ0) is 27.1. The fourth-order valence-electron chi connectivity index (χ4n) is 4.58. The Morgan fingerprint density at radius 1 is 1.13 bits per heavy atom. The van der Waals surface area contributed by atoms with E-state index in [0.717, 1.165) is 29.7 Å². The molecule has 0 saturated carbocycles. The molecule has 0 radical (unpaired) electrons. The summed E-state index contributed by atoms with van der Waals surface area (Å²) in [5, 5.41) is 2.76. The molecular weight excluding hydrogens is 487 g/mol. The molecule has 1 saturated heterocycles. The number of aromatic nitrogens is 2. The number of benzene rings is 2. The third-order valence-corrected chi connectivity index (χ3v) is 6.87. The van der Waals surface area contributed by atoms with E-state index >= 15 is 0 Å². The van der Waals surface area contributed by atoms with Crippen molar-refractivity contribution in [1.82, 2.24) is 14.9 Å². The molecule has 1 aliphatic rings. The Hall–Kier alpha value is -3.72. The molecule has 1 atom stereocenters. The molecule has 1 fully saturated rings. The zero-order valence-electron chi connectivity index (χ0n) is 22.1. The van der Waals surface area contributed by atoms with Crippen LogP contribution < -0.4 is 10.1 Å². The van der Waals surface area contributed by atoms with Crippen molar-refractivity contribution in [3.63, 3.8) is 0 Å². The van der Waals surface area contributed by atoms with Crippen molar-refractivity contribution in [3.8, 4) is 5.75 Å². The van der Waals surface area contributed by atoms with Crippen LogP contribution in [0.4, 0.5) is 10.2 Å². The number of H-pyrrole nitrogens is 1. The predicted octanol–water partition coefficient (Wildman–Crippen LogP) is 4.79. The number of amides is 2. The second-order valence-electron chi connectivity index (χ2n) is 9.59. The van der Waals surface area contributed by atoms with Crippen LogP contribution in [0.2, 0.25) is 0 Å². The van der Waals surface area contributed by atoms with Crippen LogP contribution in [0.15, 0.2) is 54.7 Å². The smallest absolute Gasteiger partial charge is 0.233 e. The highest BCUT2D eigenvalue weighted by Gasteiger charge is 2.49. The lowest BCUT2D eigenvalue weighted by Crippen LogP contribution is -2.63. The maximum atomic E-state index is 13.9. The zero-order valence-corrected chi connectivity index (χ0v) is 22.1. The monoisotopic (exact) mass is 522 g/mol.